The predicted octanol–water partition coefficient (Wildman–Crippen LogP) is 3.21. The minimum Gasteiger partial charge on any atom is -0.454 e. The van der Waals surface area contributed by atoms with Crippen molar-refractivity contribution < 1.29 is 14.3 Å². The van der Waals surface area contributed by atoms with Gasteiger partial charge in [0, 0.05) is 24.8 Å². The highest BCUT2D eigenvalue weighted by Gasteiger charge is 2.14. The lowest BCUT2D eigenvalue weighted by Crippen LogP contribution is -2.31. The number of fused-ring (bicyclic) bond motifs is 1. The van der Waals surface area contributed by atoms with Crippen LogP contribution in [0.4, 0.5) is 0 Å². The van der Waals surface area contributed by atoms with Crippen molar-refractivity contribution in [3.05, 3.63) is 58.4 Å². The number of aryl methyl sites for hydroxylation is 1. The van der Waals surface area contributed by atoms with Crippen molar-refractivity contribution in [2.75, 3.05) is 13.7 Å². The summed E-state index contributed by atoms with van der Waals surface area (Å²) in [4.78, 5) is 25.8. The molecular formula is C19H20N2O3S. The van der Waals surface area contributed by atoms with Gasteiger partial charge in [-0.25, -0.2) is 0 Å². The van der Waals surface area contributed by atoms with Crippen LogP contribution in [0.3, 0.4) is 0 Å². The fraction of sp³-hybridized carbons (Fsp3) is 0.263. The number of para-hydroxylation sites is 1. The molecule has 0 spiro atoms. The number of likely N-dealkylation sites (N-methyl/N-ethyl adjacent to an activating group) is 1. The highest BCUT2D eigenvalue weighted by atomic mass is 32.1. The van der Waals surface area contributed by atoms with Crippen LogP contribution in [-0.4, -0.2) is 35.0 Å². The fourth-order valence-electron chi connectivity index (χ4n) is 2.73. The molecular weight excluding hydrogens is 336 g/mol. The van der Waals surface area contributed by atoms with E-state index in [1.807, 2.05) is 58.6 Å². The van der Waals surface area contributed by atoms with E-state index >= 15 is 0 Å². The third-order valence-electron chi connectivity index (χ3n) is 4.09. The van der Waals surface area contributed by atoms with E-state index in [1.54, 1.807) is 23.3 Å². The molecule has 1 aromatic carbocycles. The molecule has 3 rings (SSSR count). The van der Waals surface area contributed by atoms with Gasteiger partial charge in [-0.1, -0.05) is 18.2 Å². The Hall–Kier alpha value is -2.60. The molecule has 0 fully saturated rings. The summed E-state index contributed by atoms with van der Waals surface area (Å²) in [7, 11) is 1.71. The standard InChI is InChI=1S/C19H20N2O3S/c1-14-9-16-5-3-4-6-17(16)21(14)11-19(23)24-12-18(22)20(2)10-15-7-8-25-13-15/h3-9,13H,10-12H2,1-2H3. The lowest BCUT2D eigenvalue weighted by molar-refractivity contribution is -0.152. The Morgan fingerprint density at radius 2 is 2.04 bits per heavy atom. The third-order valence-corrected chi connectivity index (χ3v) is 4.82. The van der Waals surface area contributed by atoms with E-state index in [0.29, 0.717) is 6.54 Å². The molecule has 1 amide bonds. The Balaban J connectivity index is 1.55. The van der Waals surface area contributed by atoms with Crippen LogP contribution in [0.5, 0.6) is 0 Å². The fourth-order valence-corrected chi connectivity index (χ4v) is 3.39. The average molecular weight is 356 g/mol. The summed E-state index contributed by atoms with van der Waals surface area (Å²) in [5.74, 6) is -0.629. The number of carbonyl (C=O) groups excluding carboxylic acids is 2. The van der Waals surface area contributed by atoms with Gasteiger partial charge in [-0.05, 0) is 46.8 Å². The Kier molecular flexibility index (Phi) is 5.19. The monoisotopic (exact) mass is 356 g/mol. The molecule has 0 bridgehead atoms. The minimum atomic E-state index is -0.415. The first-order chi connectivity index (χ1) is 12.0. The van der Waals surface area contributed by atoms with E-state index in [0.717, 1.165) is 22.2 Å². The van der Waals surface area contributed by atoms with Crippen LogP contribution in [0.25, 0.3) is 10.9 Å². The Labute approximate surface area is 150 Å². The van der Waals surface area contributed by atoms with Crippen molar-refractivity contribution in [3.8, 4) is 0 Å². The number of carbonyl (C=O) groups is 2. The molecule has 25 heavy (non-hydrogen) atoms. The van der Waals surface area contributed by atoms with E-state index in [1.165, 1.54) is 0 Å². The SMILES string of the molecule is Cc1cc2ccccc2n1CC(=O)OCC(=O)N(C)Cc1ccsc1. The summed E-state index contributed by atoms with van der Waals surface area (Å²) in [5, 5.41) is 5.05. The number of nitrogens with zero attached hydrogens (tertiary/aromatic N) is 2. The zero-order chi connectivity index (χ0) is 17.8. The van der Waals surface area contributed by atoms with Gasteiger partial charge in [0.1, 0.15) is 6.54 Å². The van der Waals surface area contributed by atoms with Gasteiger partial charge in [-0.3, -0.25) is 9.59 Å². The first-order valence-electron chi connectivity index (χ1n) is 8.00. The molecule has 130 valence electrons. The average Bonchev–Trinajstić information content (AvgIpc) is 3.21. The van der Waals surface area contributed by atoms with Crippen LogP contribution in [0.15, 0.2) is 47.2 Å². The molecule has 0 aliphatic rings. The number of hydrogen-bond acceptors (Lipinski definition) is 4. The zero-order valence-corrected chi connectivity index (χ0v) is 15.1. The van der Waals surface area contributed by atoms with Crippen molar-refractivity contribution in [1.29, 1.82) is 0 Å². The molecule has 3 aromatic rings. The van der Waals surface area contributed by atoms with Gasteiger partial charge < -0.3 is 14.2 Å². The molecule has 2 aromatic heterocycles. The van der Waals surface area contributed by atoms with E-state index in [9.17, 15) is 9.59 Å². The Bertz CT molecular complexity index is 883. The minimum absolute atomic E-state index is 0.0981. The molecule has 0 radical (unpaired) electrons. The van der Waals surface area contributed by atoms with E-state index in [2.05, 4.69) is 0 Å². The molecule has 0 unspecified atom stereocenters. The number of thiophene rings is 1. The summed E-state index contributed by atoms with van der Waals surface area (Å²) >= 11 is 1.59. The van der Waals surface area contributed by atoms with Gasteiger partial charge in [0.15, 0.2) is 6.61 Å². The number of rotatable bonds is 6. The van der Waals surface area contributed by atoms with Crippen LogP contribution < -0.4 is 0 Å². The summed E-state index contributed by atoms with van der Waals surface area (Å²) in [6, 6.07) is 11.9. The number of benzene rings is 1. The lowest BCUT2D eigenvalue weighted by Gasteiger charge is -2.16. The summed E-state index contributed by atoms with van der Waals surface area (Å²) < 4.78 is 7.07. The maximum absolute atomic E-state index is 12.1. The van der Waals surface area contributed by atoms with E-state index in [4.69, 9.17) is 4.74 Å². The molecule has 6 heteroatoms. The van der Waals surface area contributed by atoms with Crippen molar-refractivity contribution in [1.82, 2.24) is 9.47 Å². The second-order valence-electron chi connectivity index (χ2n) is 5.97. The molecule has 0 atom stereocenters. The van der Waals surface area contributed by atoms with E-state index in [-0.39, 0.29) is 19.1 Å². The topological polar surface area (TPSA) is 51.5 Å². The van der Waals surface area contributed by atoms with Crippen molar-refractivity contribution in [2.24, 2.45) is 0 Å². The molecule has 0 saturated heterocycles. The molecule has 0 saturated carbocycles. The lowest BCUT2D eigenvalue weighted by atomic mass is 10.2. The Morgan fingerprint density at radius 3 is 2.80 bits per heavy atom. The summed E-state index contributed by atoms with van der Waals surface area (Å²) in [6.07, 6.45) is 0. The van der Waals surface area contributed by atoms with Crippen LogP contribution >= 0.6 is 11.3 Å². The first-order valence-corrected chi connectivity index (χ1v) is 8.94. The van der Waals surface area contributed by atoms with Crippen molar-refractivity contribution in [2.45, 2.75) is 20.0 Å². The van der Waals surface area contributed by atoms with E-state index < -0.39 is 5.97 Å². The number of ether oxygens (including phenoxy) is 1. The van der Waals surface area contributed by atoms with Gasteiger partial charge in [-0.15, -0.1) is 0 Å². The van der Waals surface area contributed by atoms with Gasteiger partial charge in [0.25, 0.3) is 5.91 Å². The van der Waals surface area contributed by atoms with Crippen LogP contribution in [0, 0.1) is 6.92 Å². The number of esters is 1. The van der Waals surface area contributed by atoms with Crippen molar-refractivity contribution >= 4 is 34.1 Å². The molecule has 0 N–H and O–H groups in total. The predicted molar refractivity (Wildman–Crippen MR) is 98.4 cm³/mol. The van der Waals surface area contributed by atoms with Gasteiger partial charge in [0.05, 0.1) is 0 Å². The van der Waals surface area contributed by atoms with Crippen LogP contribution in [0.1, 0.15) is 11.3 Å². The third kappa shape index (κ3) is 4.09. The number of hydrogen-bond donors (Lipinski definition) is 0. The Morgan fingerprint density at radius 1 is 1.24 bits per heavy atom. The number of aromatic nitrogens is 1. The highest BCUT2D eigenvalue weighted by molar-refractivity contribution is 7.07. The quantitative estimate of drug-likeness (QED) is 0.637. The van der Waals surface area contributed by atoms with Gasteiger partial charge in [0.2, 0.25) is 0 Å². The second-order valence-corrected chi connectivity index (χ2v) is 6.75. The van der Waals surface area contributed by atoms with Gasteiger partial charge >= 0.3 is 5.97 Å². The zero-order valence-electron chi connectivity index (χ0n) is 14.3. The summed E-state index contributed by atoms with van der Waals surface area (Å²) in [5.41, 5.74) is 3.04. The largest absolute Gasteiger partial charge is 0.454 e. The maximum Gasteiger partial charge on any atom is 0.326 e. The first kappa shape index (κ1) is 17.2. The molecule has 0 aliphatic heterocycles. The number of amides is 1. The summed E-state index contributed by atoms with van der Waals surface area (Å²) in [6.45, 7) is 2.33. The van der Waals surface area contributed by atoms with Crippen LogP contribution in [-0.2, 0) is 27.4 Å². The van der Waals surface area contributed by atoms with Crippen molar-refractivity contribution in [3.63, 3.8) is 0 Å². The normalized spacial score (nSPS) is 10.8. The second kappa shape index (κ2) is 7.53. The van der Waals surface area contributed by atoms with Gasteiger partial charge in [-0.2, -0.15) is 11.3 Å². The maximum atomic E-state index is 12.1. The molecule has 5 nitrogen and oxygen atoms in total. The van der Waals surface area contributed by atoms with Crippen LogP contribution in [0.2, 0.25) is 0 Å². The molecule has 2 heterocycles. The smallest absolute Gasteiger partial charge is 0.326 e. The highest BCUT2D eigenvalue weighted by Crippen LogP contribution is 2.19. The molecule has 0 aliphatic carbocycles.